The molecule has 1 aromatic carbocycles. The zero-order valence-electron chi connectivity index (χ0n) is 13.0. The van der Waals surface area contributed by atoms with Gasteiger partial charge in [0.15, 0.2) is 0 Å². The van der Waals surface area contributed by atoms with Gasteiger partial charge in [-0.15, -0.1) is 0 Å². The lowest BCUT2D eigenvalue weighted by molar-refractivity contribution is 0.0924. The van der Waals surface area contributed by atoms with E-state index in [4.69, 9.17) is 0 Å². The highest BCUT2D eigenvalue weighted by Gasteiger charge is 2.21. The first-order chi connectivity index (χ1) is 10.5. The standard InChI is InChI=1S/C18H21FN2O/c1-11-3-6-14(7-4-11)21-18(22)16-9-12(2)20-17-10-13(19)5-8-15(16)17/h5,8-11,14H,3-4,6-7H2,1-2H3,(H,21,22). The van der Waals surface area contributed by atoms with Gasteiger partial charge in [-0.1, -0.05) is 6.92 Å². The Bertz CT molecular complexity index is 700. The van der Waals surface area contributed by atoms with Crippen LogP contribution >= 0.6 is 0 Å². The van der Waals surface area contributed by atoms with Crippen LogP contribution in [0.1, 0.15) is 48.7 Å². The van der Waals surface area contributed by atoms with Crippen LogP contribution in [-0.2, 0) is 0 Å². The summed E-state index contributed by atoms with van der Waals surface area (Å²) in [7, 11) is 0. The van der Waals surface area contributed by atoms with Crippen molar-refractivity contribution in [3.05, 3.63) is 41.3 Å². The highest BCUT2D eigenvalue weighted by atomic mass is 19.1. The van der Waals surface area contributed by atoms with Gasteiger partial charge in [-0.3, -0.25) is 9.78 Å². The van der Waals surface area contributed by atoms with E-state index in [1.165, 1.54) is 12.1 Å². The highest BCUT2D eigenvalue weighted by Crippen LogP contribution is 2.25. The molecule has 0 aliphatic heterocycles. The molecule has 3 nitrogen and oxygen atoms in total. The minimum Gasteiger partial charge on any atom is -0.349 e. The maximum Gasteiger partial charge on any atom is 0.252 e. The first-order valence-corrected chi connectivity index (χ1v) is 7.90. The average molecular weight is 300 g/mol. The molecule has 3 rings (SSSR count). The van der Waals surface area contributed by atoms with Gasteiger partial charge in [0.25, 0.3) is 5.91 Å². The van der Waals surface area contributed by atoms with Crippen molar-refractivity contribution < 1.29 is 9.18 Å². The minimum atomic E-state index is -0.335. The Kier molecular flexibility index (Phi) is 4.10. The van der Waals surface area contributed by atoms with E-state index in [0.29, 0.717) is 16.5 Å². The number of carbonyl (C=O) groups excluding carboxylic acids is 1. The van der Waals surface area contributed by atoms with Crippen molar-refractivity contribution >= 4 is 16.8 Å². The number of hydrogen-bond donors (Lipinski definition) is 1. The molecule has 1 heterocycles. The molecule has 1 aliphatic rings. The molecule has 1 amide bonds. The molecule has 0 radical (unpaired) electrons. The predicted octanol–water partition coefficient (Wildman–Crippen LogP) is 3.99. The van der Waals surface area contributed by atoms with Crippen LogP contribution in [0.25, 0.3) is 10.9 Å². The molecule has 1 aliphatic carbocycles. The van der Waals surface area contributed by atoms with Gasteiger partial charge in [-0.05, 0) is 56.7 Å². The molecule has 0 bridgehead atoms. The summed E-state index contributed by atoms with van der Waals surface area (Å²) in [5.74, 6) is 0.333. The number of nitrogens with zero attached hydrogens (tertiary/aromatic N) is 1. The maximum absolute atomic E-state index is 13.4. The Balaban J connectivity index is 1.87. The number of hydrogen-bond acceptors (Lipinski definition) is 2. The van der Waals surface area contributed by atoms with E-state index in [2.05, 4.69) is 17.2 Å². The molecule has 22 heavy (non-hydrogen) atoms. The van der Waals surface area contributed by atoms with Gasteiger partial charge in [-0.25, -0.2) is 4.39 Å². The Morgan fingerprint density at radius 1 is 1.23 bits per heavy atom. The van der Waals surface area contributed by atoms with Crippen LogP contribution in [0.3, 0.4) is 0 Å². The fourth-order valence-electron chi connectivity index (χ4n) is 3.19. The van der Waals surface area contributed by atoms with Gasteiger partial charge in [-0.2, -0.15) is 0 Å². The topological polar surface area (TPSA) is 42.0 Å². The van der Waals surface area contributed by atoms with Gasteiger partial charge in [0.2, 0.25) is 0 Å². The van der Waals surface area contributed by atoms with Gasteiger partial charge in [0.05, 0.1) is 11.1 Å². The second kappa shape index (κ2) is 6.03. The number of rotatable bonds is 2. The number of halogens is 1. The number of pyridine rings is 1. The zero-order valence-corrected chi connectivity index (χ0v) is 13.0. The first-order valence-electron chi connectivity index (χ1n) is 7.90. The molecular formula is C18H21FN2O. The van der Waals surface area contributed by atoms with E-state index in [-0.39, 0.29) is 17.8 Å². The Hall–Kier alpha value is -1.97. The second-order valence-corrected chi connectivity index (χ2v) is 6.40. The molecule has 1 saturated carbocycles. The monoisotopic (exact) mass is 300 g/mol. The highest BCUT2D eigenvalue weighted by molar-refractivity contribution is 6.06. The van der Waals surface area contributed by atoms with E-state index in [1.54, 1.807) is 12.1 Å². The maximum atomic E-state index is 13.4. The third-order valence-corrected chi connectivity index (χ3v) is 4.50. The molecule has 116 valence electrons. The van der Waals surface area contributed by atoms with Crippen LogP contribution in [0.2, 0.25) is 0 Å². The second-order valence-electron chi connectivity index (χ2n) is 6.40. The van der Waals surface area contributed by atoms with Crippen molar-refractivity contribution in [2.45, 2.75) is 45.6 Å². The van der Waals surface area contributed by atoms with Crippen molar-refractivity contribution in [2.75, 3.05) is 0 Å². The summed E-state index contributed by atoms with van der Waals surface area (Å²) in [5, 5.41) is 3.83. The SMILES string of the molecule is Cc1cc(C(=O)NC2CCC(C)CC2)c2ccc(F)cc2n1. The van der Waals surface area contributed by atoms with E-state index in [0.717, 1.165) is 37.3 Å². The Morgan fingerprint density at radius 2 is 1.95 bits per heavy atom. The van der Waals surface area contributed by atoms with Crippen LogP contribution < -0.4 is 5.32 Å². The molecule has 2 aromatic rings. The minimum absolute atomic E-state index is 0.0818. The van der Waals surface area contributed by atoms with E-state index >= 15 is 0 Å². The van der Waals surface area contributed by atoms with Crippen LogP contribution in [0.15, 0.2) is 24.3 Å². The van der Waals surface area contributed by atoms with Crippen LogP contribution in [0.4, 0.5) is 4.39 Å². The number of amides is 1. The summed E-state index contributed by atoms with van der Waals surface area (Å²) < 4.78 is 13.4. The molecule has 0 atom stereocenters. The molecule has 1 N–H and O–H groups in total. The van der Waals surface area contributed by atoms with Crippen LogP contribution in [-0.4, -0.2) is 16.9 Å². The van der Waals surface area contributed by atoms with Crippen molar-refractivity contribution in [1.29, 1.82) is 0 Å². The van der Waals surface area contributed by atoms with Gasteiger partial charge >= 0.3 is 0 Å². The average Bonchev–Trinajstić information content (AvgIpc) is 2.48. The Morgan fingerprint density at radius 3 is 2.68 bits per heavy atom. The van der Waals surface area contributed by atoms with E-state index < -0.39 is 0 Å². The molecule has 1 fully saturated rings. The summed E-state index contributed by atoms with van der Waals surface area (Å²) in [4.78, 5) is 16.9. The molecule has 1 aromatic heterocycles. The summed E-state index contributed by atoms with van der Waals surface area (Å²) in [5.41, 5.74) is 1.84. The summed E-state index contributed by atoms with van der Waals surface area (Å²) in [6.45, 7) is 4.08. The number of aromatic nitrogens is 1. The lowest BCUT2D eigenvalue weighted by atomic mass is 9.87. The van der Waals surface area contributed by atoms with Gasteiger partial charge in [0, 0.05) is 23.2 Å². The molecular weight excluding hydrogens is 279 g/mol. The fourth-order valence-corrected chi connectivity index (χ4v) is 3.19. The van der Waals surface area contributed by atoms with E-state index in [1.807, 2.05) is 6.92 Å². The third kappa shape index (κ3) is 3.11. The van der Waals surface area contributed by atoms with Crippen molar-refractivity contribution in [3.63, 3.8) is 0 Å². The quantitative estimate of drug-likeness (QED) is 0.911. The number of aryl methyl sites for hydroxylation is 1. The smallest absolute Gasteiger partial charge is 0.252 e. The summed E-state index contributed by atoms with van der Waals surface area (Å²) >= 11 is 0. The fraction of sp³-hybridized carbons (Fsp3) is 0.444. The zero-order chi connectivity index (χ0) is 15.7. The lowest BCUT2D eigenvalue weighted by Gasteiger charge is -2.27. The van der Waals surface area contributed by atoms with Crippen molar-refractivity contribution in [2.24, 2.45) is 5.92 Å². The van der Waals surface area contributed by atoms with Gasteiger partial charge in [0.1, 0.15) is 5.82 Å². The molecule has 0 saturated heterocycles. The van der Waals surface area contributed by atoms with E-state index in [9.17, 15) is 9.18 Å². The number of fused-ring (bicyclic) bond motifs is 1. The normalized spacial score (nSPS) is 21.8. The van der Waals surface area contributed by atoms with Crippen molar-refractivity contribution in [3.8, 4) is 0 Å². The summed E-state index contributed by atoms with van der Waals surface area (Å²) in [6, 6.07) is 6.41. The van der Waals surface area contributed by atoms with Crippen molar-refractivity contribution in [1.82, 2.24) is 10.3 Å². The number of nitrogens with one attached hydrogen (secondary N) is 1. The third-order valence-electron chi connectivity index (χ3n) is 4.50. The Labute approximate surface area is 129 Å². The number of carbonyl (C=O) groups is 1. The molecule has 4 heteroatoms. The largest absolute Gasteiger partial charge is 0.349 e. The lowest BCUT2D eigenvalue weighted by Crippen LogP contribution is -2.37. The molecule has 0 unspecified atom stereocenters. The number of benzene rings is 1. The summed E-state index contributed by atoms with van der Waals surface area (Å²) in [6.07, 6.45) is 4.38. The predicted molar refractivity (Wildman–Crippen MR) is 85.3 cm³/mol. The molecule has 0 spiro atoms. The van der Waals surface area contributed by atoms with Crippen LogP contribution in [0, 0.1) is 18.7 Å². The van der Waals surface area contributed by atoms with Crippen LogP contribution in [0.5, 0.6) is 0 Å². The van der Waals surface area contributed by atoms with Gasteiger partial charge < -0.3 is 5.32 Å². The first kappa shape index (κ1) is 14.9.